The Bertz CT molecular complexity index is 1100. The SMILES string of the molecule is Cc1cc(C)c(NC(=O)CNC(=O)CSc2nnnn2-c2cccc(C)c2C)c(C)c1. The van der Waals surface area contributed by atoms with Gasteiger partial charge < -0.3 is 10.6 Å². The van der Waals surface area contributed by atoms with Gasteiger partial charge in [0, 0.05) is 5.69 Å². The Morgan fingerprint density at radius 1 is 1.00 bits per heavy atom. The van der Waals surface area contributed by atoms with Gasteiger partial charge in [-0.05, 0) is 73.4 Å². The Morgan fingerprint density at radius 2 is 1.71 bits per heavy atom. The normalized spacial score (nSPS) is 10.7. The topological polar surface area (TPSA) is 102 Å². The van der Waals surface area contributed by atoms with Crippen molar-refractivity contribution in [2.45, 2.75) is 39.8 Å². The number of tetrazole rings is 1. The van der Waals surface area contributed by atoms with Crippen LogP contribution >= 0.6 is 11.8 Å². The van der Waals surface area contributed by atoms with Gasteiger partial charge in [-0.25, -0.2) is 0 Å². The largest absolute Gasteiger partial charge is 0.346 e. The first kappa shape index (κ1) is 22.5. The van der Waals surface area contributed by atoms with Gasteiger partial charge in [-0.15, -0.1) is 5.10 Å². The average Bonchev–Trinajstić information content (AvgIpc) is 3.18. The van der Waals surface area contributed by atoms with Gasteiger partial charge in [0.05, 0.1) is 18.0 Å². The number of benzene rings is 2. The molecule has 0 bridgehead atoms. The first-order chi connectivity index (χ1) is 14.8. The van der Waals surface area contributed by atoms with E-state index < -0.39 is 0 Å². The number of amides is 2. The molecule has 2 amide bonds. The molecular weight excluding hydrogens is 412 g/mol. The number of aryl methyl sites for hydroxylation is 4. The number of rotatable bonds is 7. The Labute approximate surface area is 185 Å². The van der Waals surface area contributed by atoms with E-state index in [2.05, 4.69) is 26.2 Å². The molecule has 3 aromatic rings. The van der Waals surface area contributed by atoms with Crippen LogP contribution in [0.1, 0.15) is 27.8 Å². The minimum absolute atomic E-state index is 0.0983. The predicted molar refractivity (Wildman–Crippen MR) is 122 cm³/mol. The van der Waals surface area contributed by atoms with E-state index in [1.54, 1.807) is 4.68 Å². The van der Waals surface area contributed by atoms with Crippen molar-refractivity contribution in [2.75, 3.05) is 17.6 Å². The van der Waals surface area contributed by atoms with E-state index in [4.69, 9.17) is 0 Å². The number of hydrogen-bond donors (Lipinski definition) is 2. The highest BCUT2D eigenvalue weighted by Gasteiger charge is 2.15. The summed E-state index contributed by atoms with van der Waals surface area (Å²) in [6.07, 6.45) is 0. The summed E-state index contributed by atoms with van der Waals surface area (Å²) in [5, 5.41) is 17.8. The van der Waals surface area contributed by atoms with Gasteiger partial charge in [0.1, 0.15) is 0 Å². The van der Waals surface area contributed by atoms with Crippen molar-refractivity contribution in [3.8, 4) is 5.69 Å². The van der Waals surface area contributed by atoms with Crippen molar-refractivity contribution in [1.29, 1.82) is 0 Å². The van der Waals surface area contributed by atoms with E-state index >= 15 is 0 Å². The molecular formula is C22H26N6O2S. The number of nitrogens with one attached hydrogen (secondary N) is 2. The van der Waals surface area contributed by atoms with Crippen molar-refractivity contribution >= 4 is 29.3 Å². The quantitative estimate of drug-likeness (QED) is 0.550. The third kappa shape index (κ3) is 5.49. The molecule has 0 atom stereocenters. The fourth-order valence-electron chi connectivity index (χ4n) is 3.31. The van der Waals surface area contributed by atoms with Gasteiger partial charge in [-0.3, -0.25) is 9.59 Å². The summed E-state index contributed by atoms with van der Waals surface area (Å²) in [4.78, 5) is 24.5. The fourth-order valence-corrected chi connectivity index (χ4v) is 4.02. The van der Waals surface area contributed by atoms with Gasteiger partial charge >= 0.3 is 0 Å². The minimum atomic E-state index is -0.270. The number of nitrogens with zero attached hydrogens (tertiary/aromatic N) is 4. The molecule has 0 fully saturated rings. The average molecular weight is 439 g/mol. The second-order valence-electron chi connectivity index (χ2n) is 7.48. The molecule has 0 unspecified atom stereocenters. The lowest BCUT2D eigenvalue weighted by molar-refractivity contribution is -0.122. The van der Waals surface area contributed by atoms with E-state index in [0.717, 1.165) is 39.2 Å². The zero-order valence-electron chi connectivity index (χ0n) is 18.3. The molecule has 3 rings (SSSR count). The molecule has 162 valence electrons. The summed E-state index contributed by atoms with van der Waals surface area (Å²) in [6, 6.07) is 9.92. The molecule has 0 saturated heterocycles. The van der Waals surface area contributed by atoms with Crippen molar-refractivity contribution in [2.24, 2.45) is 0 Å². The molecule has 2 N–H and O–H groups in total. The second-order valence-corrected chi connectivity index (χ2v) is 8.42. The lowest BCUT2D eigenvalue weighted by Gasteiger charge is -2.13. The highest BCUT2D eigenvalue weighted by molar-refractivity contribution is 7.99. The molecule has 1 heterocycles. The van der Waals surface area contributed by atoms with Gasteiger partial charge in [0.25, 0.3) is 0 Å². The summed E-state index contributed by atoms with van der Waals surface area (Å²) in [5.41, 5.74) is 6.98. The molecule has 31 heavy (non-hydrogen) atoms. The van der Waals surface area contributed by atoms with Crippen molar-refractivity contribution in [3.63, 3.8) is 0 Å². The molecule has 0 saturated carbocycles. The van der Waals surface area contributed by atoms with Gasteiger partial charge in [-0.2, -0.15) is 4.68 Å². The van der Waals surface area contributed by atoms with Crippen LogP contribution in [0.4, 0.5) is 5.69 Å². The van der Waals surface area contributed by atoms with Crippen LogP contribution in [-0.2, 0) is 9.59 Å². The predicted octanol–water partition coefficient (Wildman–Crippen LogP) is 3.05. The molecule has 2 aromatic carbocycles. The van der Waals surface area contributed by atoms with Crippen LogP contribution in [0.15, 0.2) is 35.5 Å². The maximum absolute atomic E-state index is 12.3. The molecule has 1 aromatic heterocycles. The highest BCUT2D eigenvalue weighted by atomic mass is 32.2. The van der Waals surface area contributed by atoms with Crippen LogP contribution in [0.25, 0.3) is 5.69 Å². The Balaban J connectivity index is 1.54. The monoisotopic (exact) mass is 438 g/mol. The van der Waals surface area contributed by atoms with Crippen LogP contribution in [0.2, 0.25) is 0 Å². The third-order valence-electron chi connectivity index (χ3n) is 4.97. The molecule has 0 spiro atoms. The van der Waals surface area contributed by atoms with E-state index in [-0.39, 0.29) is 24.1 Å². The molecule has 0 radical (unpaired) electrons. The van der Waals surface area contributed by atoms with E-state index in [1.807, 2.05) is 65.0 Å². The first-order valence-electron chi connectivity index (χ1n) is 9.88. The summed E-state index contributed by atoms with van der Waals surface area (Å²) in [6.45, 7) is 9.84. The zero-order chi connectivity index (χ0) is 22.5. The van der Waals surface area contributed by atoms with E-state index in [0.29, 0.717) is 5.16 Å². The molecule has 0 aliphatic heterocycles. The number of hydrogen-bond acceptors (Lipinski definition) is 6. The number of carbonyl (C=O) groups is 2. The van der Waals surface area contributed by atoms with Crippen LogP contribution < -0.4 is 10.6 Å². The number of aromatic nitrogens is 4. The molecule has 0 aliphatic rings. The minimum Gasteiger partial charge on any atom is -0.346 e. The number of anilines is 1. The van der Waals surface area contributed by atoms with Crippen LogP contribution in [-0.4, -0.2) is 44.3 Å². The summed E-state index contributed by atoms with van der Waals surface area (Å²) < 4.78 is 1.62. The fraction of sp³-hybridized carbons (Fsp3) is 0.318. The summed E-state index contributed by atoms with van der Waals surface area (Å²) in [5.74, 6) is -0.442. The smallest absolute Gasteiger partial charge is 0.243 e. The second kappa shape index (κ2) is 9.74. The zero-order valence-corrected chi connectivity index (χ0v) is 19.1. The van der Waals surface area contributed by atoms with E-state index in [9.17, 15) is 9.59 Å². The molecule has 0 aliphatic carbocycles. The third-order valence-corrected chi connectivity index (χ3v) is 5.88. The Morgan fingerprint density at radius 3 is 2.42 bits per heavy atom. The van der Waals surface area contributed by atoms with Gasteiger partial charge in [0.15, 0.2) is 0 Å². The maximum atomic E-state index is 12.3. The van der Waals surface area contributed by atoms with Crippen molar-refractivity contribution < 1.29 is 9.59 Å². The van der Waals surface area contributed by atoms with E-state index in [1.165, 1.54) is 11.8 Å². The van der Waals surface area contributed by atoms with Crippen LogP contribution in [0, 0.1) is 34.6 Å². The number of carbonyl (C=O) groups excluding carboxylic acids is 2. The molecule has 8 nitrogen and oxygen atoms in total. The Hall–Kier alpha value is -3.20. The van der Waals surface area contributed by atoms with Gasteiger partial charge in [-0.1, -0.05) is 41.6 Å². The first-order valence-corrected chi connectivity index (χ1v) is 10.9. The standard InChI is InChI=1S/C22H26N6O2S/c1-13-9-15(3)21(16(4)10-13)24-19(29)11-23-20(30)12-31-22-25-26-27-28(22)18-8-6-7-14(2)17(18)5/h6-10H,11-12H2,1-5H3,(H,23,30)(H,24,29). The van der Waals surface area contributed by atoms with Gasteiger partial charge in [0.2, 0.25) is 17.0 Å². The lowest BCUT2D eigenvalue weighted by atomic mass is 10.1. The van der Waals surface area contributed by atoms with Crippen LogP contribution in [0.5, 0.6) is 0 Å². The van der Waals surface area contributed by atoms with Crippen molar-refractivity contribution in [1.82, 2.24) is 25.5 Å². The summed E-state index contributed by atoms with van der Waals surface area (Å²) in [7, 11) is 0. The lowest BCUT2D eigenvalue weighted by Crippen LogP contribution is -2.34. The molecule has 9 heteroatoms. The van der Waals surface area contributed by atoms with Crippen molar-refractivity contribution in [3.05, 3.63) is 58.1 Å². The van der Waals surface area contributed by atoms with Crippen LogP contribution in [0.3, 0.4) is 0 Å². The summed E-state index contributed by atoms with van der Waals surface area (Å²) >= 11 is 1.22. The highest BCUT2D eigenvalue weighted by Crippen LogP contribution is 2.23. The number of thioether (sulfide) groups is 1. The maximum Gasteiger partial charge on any atom is 0.243 e. The Kier molecular flexibility index (Phi) is 7.06.